The van der Waals surface area contributed by atoms with Crippen LogP contribution in [0.5, 0.6) is 0 Å². The van der Waals surface area contributed by atoms with E-state index in [9.17, 15) is 4.79 Å². The van der Waals surface area contributed by atoms with Crippen LogP contribution in [0.1, 0.15) is 44.6 Å². The molecule has 0 radical (unpaired) electrons. The molecule has 5 heteroatoms. The molecule has 1 aromatic rings. The van der Waals surface area contributed by atoms with Crippen molar-refractivity contribution in [2.45, 2.75) is 50.6 Å². The number of benzene rings is 1. The SMILES string of the molecule is CN(CCNC(=O)C(C)(N)c1ccc(Br)cc1)C1CCCCC1. The second kappa shape index (κ2) is 8.27. The molecule has 1 atom stereocenters. The van der Waals surface area contributed by atoms with Gasteiger partial charge in [0.25, 0.3) is 0 Å². The van der Waals surface area contributed by atoms with Gasteiger partial charge in [-0.3, -0.25) is 4.79 Å². The molecule has 1 fully saturated rings. The Morgan fingerprint density at radius 1 is 1.30 bits per heavy atom. The van der Waals surface area contributed by atoms with Gasteiger partial charge in [0, 0.05) is 23.6 Å². The molecule has 1 aliphatic carbocycles. The molecular formula is C18H28BrN3O. The Kier molecular flexibility index (Phi) is 6.62. The molecule has 0 saturated heterocycles. The summed E-state index contributed by atoms with van der Waals surface area (Å²) >= 11 is 3.40. The van der Waals surface area contributed by atoms with E-state index in [1.807, 2.05) is 24.3 Å². The van der Waals surface area contributed by atoms with Gasteiger partial charge >= 0.3 is 0 Å². The summed E-state index contributed by atoms with van der Waals surface area (Å²) in [6, 6.07) is 8.25. The van der Waals surface area contributed by atoms with E-state index in [0.29, 0.717) is 12.6 Å². The number of nitrogens with one attached hydrogen (secondary N) is 1. The number of carbonyl (C=O) groups is 1. The van der Waals surface area contributed by atoms with Crippen LogP contribution in [0.4, 0.5) is 0 Å². The maximum atomic E-state index is 12.4. The number of hydrogen-bond acceptors (Lipinski definition) is 3. The van der Waals surface area contributed by atoms with Crippen molar-refractivity contribution < 1.29 is 4.79 Å². The van der Waals surface area contributed by atoms with Crippen LogP contribution in [-0.2, 0) is 10.3 Å². The van der Waals surface area contributed by atoms with Gasteiger partial charge in [-0.05, 0) is 44.5 Å². The molecule has 23 heavy (non-hydrogen) atoms. The normalized spacial score (nSPS) is 18.7. The first-order valence-electron chi connectivity index (χ1n) is 8.44. The van der Waals surface area contributed by atoms with Crippen molar-refractivity contribution in [3.8, 4) is 0 Å². The summed E-state index contributed by atoms with van der Waals surface area (Å²) in [6.45, 7) is 3.26. The van der Waals surface area contributed by atoms with E-state index in [-0.39, 0.29) is 5.91 Å². The Balaban J connectivity index is 1.82. The van der Waals surface area contributed by atoms with Crippen LogP contribution in [0.25, 0.3) is 0 Å². The number of nitrogens with two attached hydrogens (primary N) is 1. The quantitative estimate of drug-likeness (QED) is 0.795. The van der Waals surface area contributed by atoms with Gasteiger partial charge in [0.2, 0.25) is 5.91 Å². The Morgan fingerprint density at radius 2 is 1.91 bits per heavy atom. The molecule has 0 heterocycles. The molecule has 1 aromatic carbocycles. The van der Waals surface area contributed by atoms with E-state index in [4.69, 9.17) is 5.73 Å². The lowest BCUT2D eigenvalue weighted by Crippen LogP contribution is -2.50. The lowest BCUT2D eigenvalue weighted by atomic mass is 9.92. The zero-order valence-corrected chi connectivity index (χ0v) is 15.7. The standard InChI is InChI=1S/C18H28BrN3O/c1-18(20,14-8-10-15(19)11-9-14)17(23)21-12-13-22(2)16-6-4-3-5-7-16/h8-11,16H,3-7,12-13,20H2,1-2H3,(H,21,23). The lowest BCUT2D eigenvalue weighted by molar-refractivity contribution is -0.126. The monoisotopic (exact) mass is 381 g/mol. The van der Waals surface area contributed by atoms with Crippen molar-refractivity contribution in [3.63, 3.8) is 0 Å². The van der Waals surface area contributed by atoms with E-state index in [2.05, 4.69) is 33.2 Å². The zero-order valence-electron chi connectivity index (χ0n) is 14.1. The summed E-state index contributed by atoms with van der Waals surface area (Å²) in [6.07, 6.45) is 6.56. The Morgan fingerprint density at radius 3 is 2.52 bits per heavy atom. The van der Waals surface area contributed by atoms with Gasteiger partial charge in [-0.2, -0.15) is 0 Å². The first kappa shape index (κ1) is 18.4. The van der Waals surface area contributed by atoms with Crippen LogP contribution in [0.3, 0.4) is 0 Å². The number of likely N-dealkylation sites (N-methyl/N-ethyl adjacent to an activating group) is 1. The first-order chi connectivity index (χ1) is 10.9. The van der Waals surface area contributed by atoms with Gasteiger partial charge in [-0.15, -0.1) is 0 Å². The zero-order chi connectivity index (χ0) is 16.9. The van der Waals surface area contributed by atoms with E-state index in [1.165, 1.54) is 32.1 Å². The number of hydrogen-bond donors (Lipinski definition) is 2. The average Bonchev–Trinajstić information content (AvgIpc) is 2.55. The number of rotatable bonds is 6. The van der Waals surface area contributed by atoms with E-state index >= 15 is 0 Å². The second-order valence-corrected chi connectivity index (χ2v) is 7.65. The number of amides is 1. The van der Waals surface area contributed by atoms with Crippen LogP contribution in [0.15, 0.2) is 28.7 Å². The molecule has 1 saturated carbocycles. The molecule has 128 valence electrons. The summed E-state index contributed by atoms with van der Waals surface area (Å²) < 4.78 is 0.978. The highest BCUT2D eigenvalue weighted by Gasteiger charge is 2.30. The van der Waals surface area contributed by atoms with Gasteiger partial charge in [-0.25, -0.2) is 0 Å². The summed E-state index contributed by atoms with van der Waals surface area (Å²) in [5.74, 6) is -0.128. The van der Waals surface area contributed by atoms with Gasteiger partial charge in [-0.1, -0.05) is 47.3 Å². The number of carbonyl (C=O) groups excluding carboxylic acids is 1. The minimum Gasteiger partial charge on any atom is -0.353 e. The van der Waals surface area contributed by atoms with Gasteiger partial charge in [0.05, 0.1) is 0 Å². The molecule has 1 aliphatic rings. The lowest BCUT2D eigenvalue weighted by Gasteiger charge is -2.31. The maximum Gasteiger partial charge on any atom is 0.244 e. The van der Waals surface area contributed by atoms with Crippen molar-refractivity contribution >= 4 is 21.8 Å². The minimum atomic E-state index is -1.01. The number of nitrogens with zero attached hydrogens (tertiary/aromatic N) is 1. The molecule has 0 bridgehead atoms. The Bertz CT molecular complexity index is 510. The van der Waals surface area contributed by atoms with E-state index in [0.717, 1.165) is 16.6 Å². The predicted molar refractivity (Wildman–Crippen MR) is 98.2 cm³/mol. The summed E-state index contributed by atoms with van der Waals surface area (Å²) in [5.41, 5.74) is 6.06. The second-order valence-electron chi connectivity index (χ2n) is 6.74. The van der Waals surface area contributed by atoms with Gasteiger partial charge in [0.1, 0.15) is 5.54 Å². The predicted octanol–water partition coefficient (Wildman–Crippen LogP) is 3.00. The molecule has 1 amide bonds. The molecule has 1 unspecified atom stereocenters. The highest BCUT2D eigenvalue weighted by atomic mass is 79.9. The van der Waals surface area contributed by atoms with Gasteiger partial charge < -0.3 is 16.0 Å². The summed E-state index contributed by atoms with van der Waals surface area (Å²) in [4.78, 5) is 14.8. The smallest absolute Gasteiger partial charge is 0.244 e. The Labute approximate surface area is 147 Å². The van der Waals surface area contributed by atoms with Crippen LogP contribution < -0.4 is 11.1 Å². The van der Waals surface area contributed by atoms with Crippen LogP contribution in [0, 0.1) is 0 Å². The van der Waals surface area contributed by atoms with Crippen molar-refractivity contribution in [1.82, 2.24) is 10.2 Å². The van der Waals surface area contributed by atoms with Crippen LogP contribution in [-0.4, -0.2) is 37.0 Å². The average molecular weight is 382 g/mol. The van der Waals surface area contributed by atoms with Crippen molar-refractivity contribution in [2.24, 2.45) is 5.73 Å². The highest BCUT2D eigenvalue weighted by molar-refractivity contribution is 9.10. The van der Waals surface area contributed by atoms with Crippen molar-refractivity contribution in [3.05, 3.63) is 34.3 Å². The Hall–Kier alpha value is -0.910. The van der Waals surface area contributed by atoms with Crippen LogP contribution in [0.2, 0.25) is 0 Å². The van der Waals surface area contributed by atoms with E-state index < -0.39 is 5.54 Å². The fraction of sp³-hybridized carbons (Fsp3) is 0.611. The minimum absolute atomic E-state index is 0.128. The molecule has 4 nitrogen and oxygen atoms in total. The third-order valence-corrected chi connectivity index (χ3v) is 5.39. The van der Waals surface area contributed by atoms with Crippen molar-refractivity contribution in [2.75, 3.05) is 20.1 Å². The van der Waals surface area contributed by atoms with E-state index in [1.54, 1.807) is 6.92 Å². The maximum absolute atomic E-state index is 12.4. The molecule has 0 spiro atoms. The molecule has 2 rings (SSSR count). The molecule has 3 N–H and O–H groups in total. The summed E-state index contributed by atoms with van der Waals surface area (Å²) in [7, 11) is 2.15. The summed E-state index contributed by atoms with van der Waals surface area (Å²) in [5, 5.41) is 2.99. The fourth-order valence-electron chi connectivity index (χ4n) is 3.16. The van der Waals surface area contributed by atoms with Crippen molar-refractivity contribution in [1.29, 1.82) is 0 Å². The number of halogens is 1. The third-order valence-electron chi connectivity index (χ3n) is 4.86. The highest BCUT2D eigenvalue weighted by Crippen LogP contribution is 2.22. The third kappa shape index (κ3) is 5.03. The van der Waals surface area contributed by atoms with Gasteiger partial charge in [0.15, 0.2) is 0 Å². The topological polar surface area (TPSA) is 58.4 Å². The fourth-order valence-corrected chi connectivity index (χ4v) is 3.43. The molecule has 0 aromatic heterocycles. The molecule has 0 aliphatic heterocycles. The van der Waals surface area contributed by atoms with Crippen LogP contribution >= 0.6 is 15.9 Å². The largest absolute Gasteiger partial charge is 0.353 e. The molecular weight excluding hydrogens is 354 g/mol. The first-order valence-corrected chi connectivity index (χ1v) is 9.24.